The lowest BCUT2D eigenvalue weighted by Crippen LogP contribution is -2.28. The molecule has 1 aromatic heterocycles. The quantitative estimate of drug-likeness (QED) is 0.680. The van der Waals surface area contributed by atoms with Crippen molar-refractivity contribution in [1.29, 1.82) is 5.26 Å². The molecule has 22 heavy (non-hydrogen) atoms. The van der Waals surface area contributed by atoms with Crippen LogP contribution in [0.4, 0.5) is 5.69 Å². The molecular weight excluding hydrogens is 273 g/mol. The minimum absolute atomic E-state index is 0.625. The van der Waals surface area contributed by atoms with Crippen molar-refractivity contribution in [3.63, 3.8) is 0 Å². The summed E-state index contributed by atoms with van der Waals surface area (Å²) in [4.78, 5) is 0. The maximum Gasteiger partial charge on any atom is 0.139 e. The first-order valence-electron chi connectivity index (χ1n) is 6.73. The monoisotopic (exact) mass is 285 g/mol. The third-order valence-corrected chi connectivity index (χ3v) is 3.29. The molecule has 0 saturated carbocycles. The molecule has 0 bridgehead atoms. The molecule has 104 valence electrons. The standard InChI is InChI=1S/C16H12BN5/c17-15-5-1-14(2-6-15)10-22(21-11-19-20-12-21)16-7-3-13(9-18)4-8-16/h1-8,11-12H,10H2. The van der Waals surface area contributed by atoms with E-state index in [0.717, 1.165) is 16.7 Å². The summed E-state index contributed by atoms with van der Waals surface area (Å²) < 4.78 is 1.80. The van der Waals surface area contributed by atoms with Gasteiger partial charge in [0.05, 0.1) is 23.9 Å². The molecule has 0 saturated heterocycles. The van der Waals surface area contributed by atoms with E-state index in [0.29, 0.717) is 12.1 Å². The molecule has 0 fully saturated rings. The molecule has 1 heterocycles. The van der Waals surface area contributed by atoms with Gasteiger partial charge >= 0.3 is 0 Å². The molecular formula is C16H12BN5. The summed E-state index contributed by atoms with van der Waals surface area (Å²) in [6.07, 6.45) is 3.27. The van der Waals surface area contributed by atoms with Gasteiger partial charge in [0.25, 0.3) is 0 Å². The fourth-order valence-corrected chi connectivity index (χ4v) is 2.13. The van der Waals surface area contributed by atoms with Gasteiger partial charge in [-0.3, -0.25) is 5.01 Å². The van der Waals surface area contributed by atoms with Crippen LogP contribution in [0.2, 0.25) is 0 Å². The third-order valence-electron chi connectivity index (χ3n) is 3.29. The predicted molar refractivity (Wildman–Crippen MR) is 84.6 cm³/mol. The molecule has 6 heteroatoms. The van der Waals surface area contributed by atoms with E-state index in [1.54, 1.807) is 29.5 Å². The molecule has 3 aromatic rings. The smallest absolute Gasteiger partial charge is 0.139 e. The largest absolute Gasteiger partial charge is 0.274 e. The second-order valence-electron chi connectivity index (χ2n) is 4.80. The van der Waals surface area contributed by atoms with E-state index in [4.69, 9.17) is 13.1 Å². The van der Waals surface area contributed by atoms with E-state index < -0.39 is 0 Å². The first-order chi connectivity index (χ1) is 10.8. The van der Waals surface area contributed by atoms with Gasteiger partial charge in [0.1, 0.15) is 20.5 Å². The SMILES string of the molecule is [B]c1ccc(CN(c2ccc(C#N)cc2)n2cnnc2)cc1. The Kier molecular flexibility index (Phi) is 3.88. The fraction of sp³-hybridized carbons (Fsp3) is 0.0625. The summed E-state index contributed by atoms with van der Waals surface area (Å²) in [6, 6.07) is 17.2. The Morgan fingerprint density at radius 3 is 2.23 bits per heavy atom. The van der Waals surface area contributed by atoms with Crippen LogP contribution in [0.1, 0.15) is 11.1 Å². The Hall–Kier alpha value is -3.07. The fourth-order valence-electron chi connectivity index (χ4n) is 2.13. The minimum Gasteiger partial charge on any atom is -0.274 e. The first-order valence-corrected chi connectivity index (χ1v) is 6.73. The number of benzene rings is 2. The Labute approximate surface area is 129 Å². The summed E-state index contributed by atoms with van der Waals surface area (Å²) in [6.45, 7) is 0.629. The maximum absolute atomic E-state index is 8.91. The van der Waals surface area contributed by atoms with Crippen molar-refractivity contribution in [2.45, 2.75) is 6.54 Å². The van der Waals surface area contributed by atoms with Gasteiger partial charge in [0.15, 0.2) is 0 Å². The van der Waals surface area contributed by atoms with Crippen LogP contribution >= 0.6 is 0 Å². The molecule has 0 N–H and O–H groups in total. The number of hydrogen-bond donors (Lipinski definition) is 0. The van der Waals surface area contributed by atoms with Crippen LogP contribution in [0, 0.1) is 11.3 Å². The molecule has 2 aromatic carbocycles. The van der Waals surface area contributed by atoms with Gasteiger partial charge in [-0.2, -0.15) is 5.26 Å². The molecule has 0 aliphatic rings. The Balaban J connectivity index is 1.93. The van der Waals surface area contributed by atoms with Crippen LogP contribution < -0.4 is 10.5 Å². The van der Waals surface area contributed by atoms with Gasteiger partial charge in [-0.1, -0.05) is 29.7 Å². The lowest BCUT2D eigenvalue weighted by Gasteiger charge is -2.25. The van der Waals surface area contributed by atoms with Crippen LogP contribution in [0.25, 0.3) is 0 Å². The minimum atomic E-state index is 0.625. The van der Waals surface area contributed by atoms with Crippen molar-refractivity contribution < 1.29 is 0 Å². The summed E-state index contributed by atoms with van der Waals surface area (Å²) in [5, 5.41) is 18.6. The molecule has 0 amide bonds. The molecule has 3 rings (SSSR count). The van der Waals surface area contributed by atoms with Crippen LogP contribution in [0.15, 0.2) is 61.2 Å². The Bertz CT molecular complexity index is 773. The second-order valence-corrected chi connectivity index (χ2v) is 4.80. The average molecular weight is 285 g/mol. The lowest BCUT2D eigenvalue weighted by atomic mass is 9.95. The molecule has 0 unspecified atom stereocenters. The third kappa shape index (κ3) is 2.99. The van der Waals surface area contributed by atoms with Crippen LogP contribution in [0.5, 0.6) is 0 Å². The topological polar surface area (TPSA) is 57.7 Å². The molecule has 5 nitrogen and oxygen atoms in total. The van der Waals surface area contributed by atoms with E-state index in [-0.39, 0.29) is 0 Å². The zero-order valence-electron chi connectivity index (χ0n) is 11.8. The van der Waals surface area contributed by atoms with Crippen LogP contribution in [0.3, 0.4) is 0 Å². The van der Waals surface area contributed by atoms with E-state index in [1.807, 2.05) is 41.4 Å². The van der Waals surface area contributed by atoms with E-state index >= 15 is 0 Å². The van der Waals surface area contributed by atoms with Crippen molar-refractivity contribution in [2.24, 2.45) is 0 Å². The molecule has 2 radical (unpaired) electrons. The van der Waals surface area contributed by atoms with Gasteiger partial charge in [0.2, 0.25) is 0 Å². The first kappa shape index (κ1) is 13.9. The van der Waals surface area contributed by atoms with Gasteiger partial charge in [-0.05, 0) is 29.8 Å². The normalized spacial score (nSPS) is 10.1. The zero-order chi connectivity index (χ0) is 15.4. The number of nitriles is 1. The highest BCUT2D eigenvalue weighted by Gasteiger charge is 2.10. The number of nitrogens with zero attached hydrogens (tertiary/aromatic N) is 5. The van der Waals surface area contributed by atoms with E-state index in [9.17, 15) is 0 Å². The Morgan fingerprint density at radius 1 is 1.00 bits per heavy atom. The highest BCUT2D eigenvalue weighted by molar-refractivity contribution is 6.32. The van der Waals surface area contributed by atoms with Crippen LogP contribution in [-0.4, -0.2) is 22.7 Å². The number of anilines is 1. The van der Waals surface area contributed by atoms with Gasteiger partial charge < -0.3 is 0 Å². The molecule has 0 aliphatic carbocycles. The predicted octanol–water partition coefficient (Wildman–Crippen LogP) is 1.41. The van der Waals surface area contributed by atoms with Crippen molar-refractivity contribution in [3.05, 3.63) is 72.3 Å². The average Bonchev–Trinajstić information content (AvgIpc) is 3.09. The van der Waals surface area contributed by atoms with E-state index in [2.05, 4.69) is 16.3 Å². The van der Waals surface area contributed by atoms with Gasteiger partial charge in [-0.15, -0.1) is 10.2 Å². The van der Waals surface area contributed by atoms with Crippen LogP contribution in [-0.2, 0) is 6.54 Å². The van der Waals surface area contributed by atoms with Crippen molar-refractivity contribution >= 4 is 19.0 Å². The maximum atomic E-state index is 8.91. The van der Waals surface area contributed by atoms with Crippen molar-refractivity contribution in [1.82, 2.24) is 14.9 Å². The van der Waals surface area contributed by atoms with E-state index in [1.165, 1.54) is 0 Å². The summed E-state index contributed by atoms with van der Waals surface area (Å²) in [5.41, 5.74) is 3.40. The summed E-state index contributed by atoms with van der Waals surface area (Å²) in [5.74, 6) is 0. The molecule has 0 spiro atoms. The highest BCUT2D eigenvalue weighted by atomic mass is 15.6. The summed E-state index contributed by atoms with van der Waals surface area (Å²) >= 11 is 0. The zero-order valence-corrected chi connectivity index (χ0v) is 11.8. The number of hydrogen-bond acceptors (Lipinski definition) is 4. The Morgan fingerprint density at radius 2 is 1.64 bits per heavy atom. The number of aromatic nitrogens is 3. The van der Waals surface area contributed by atoms with Gasteiger partial charge in [-0.25, -0.2) is 4.68 Å². The number of rotatable bonds is 4. The van der Waals surface area contributed by atoms with Crippen molar-refractivity contribution in [3.8, 4) is 6.07 Å². The second kappa shape index (κ2) is 6.14. The summed E-state index contributed by atoms with van der Waals surface area (Å²) in [7, 11) is 5.73. The lowest BCUT2D eigenvalue weighted by molar-refractivity contribution is 0.686. The van der Waals surface area contributed by atoms with Crippen molar-refractivity contribution in [2.75, 3.05) is 5.01 Å². The highest BCUT2D eigenvalue weighted by Crippen LogP contribution is 2.18. The van der Waals surface area contributed by atoms with Gasteiger partial charge in [0, 0.05) is 0 Å². The molecule has 0 atom stereocenters. The molecule has 0 aliphatic heterocycles.